The Kier molecular flexibility index (Phi) is 4.43. The van der Waals surface area contributed by atoms with E-state index in [0.717, 1.165) is 6.42 Å². The predicted molar refractivity (Wildman–Crippen MR) is 105 cm³/mol. The average Bonchev–Trinajstić information content (AvgIpc) is 3.09. The van der Waals surface area contributed by atoms with Crippen molar-refractivity contribution in [1.82, 2.24) is 9.97 Å². The third-order valence-electron chi connectivity index (χ3n) is 4.62. The minimum atomic E-state index is -1.02. The van der Waals surface area contributed by atoms with Crippen molar-refractivity contribution in [3.63, 3.8) is 0 Å². The molecule has 0 fully saturated rings. The molecule has 4 aromatic rings. The van der Waals surface area contributed by atoms with Gasteiger partial charge in [0.15, 0.2) is 11.6 Å². The minimum Gasteiger partial charge on any atom is -0.478 e. The van der Waals surface area contributed by atoms with E-state index in [2.05, 4.69) is 15.3 Å². The van der Waals surface area contributed by atoms with Crippen LogP contribution in [0.15, 0.2) is 46.9 Å². The van der Waals surface area contributed by atoms with Crippen LogP contribution in [0.1, 0.15) is 30.6 Å². The van der Waals surface area contributed by atoms with Gasteiger partial charge in [-0.2, -0.15) is 0 Å². The number of aromatic carboxylic acids is 1. The van der Waals surface area contributed by atoms with Crippen LogP contribution in [0.2, 0.25) is 0 Å². The van der Waals surface area contributed by atoms with Crippen LogP contribution < -0.4 is 5.32 Å². The van der Waals surface area contributed by atoms with Gasteiger partial charge in [-0.05, 0) is 55.8 Å². The number of fused-ring (bicyclic) bond motifs is 2. The first-order chi connectivity index (χ1) is 13.4. The predicted octanol–water partition coefficient (Wildman–Crippen LogP) is 5.09. The summed E-state index contributed by atoms with van der Waals surface area (Å²) < 4.78 is 19.4. The van der Waals surface area contributed by atoms with Crippen LogP contribution in [0.5, 0.6) is 0 Å². The van der Waals surface area contributed by atoms with Gasteiger partial charge in [0.25, 0.3) is 0 Å². The Morgan fingerprint density at radius 1 is 1.18 bits per heavy atom. The highest BCUT2D eigenvalue weighted by molar-refractivity contribution is 5.93. The highest BCUT2D eigenvalue weighted by Crippen LogP contribution is 2.33. The summed E-state index contributed by atoms with van der Waals surface area (Å²) in [5.74, 6) is -0.417. The Hall–Kier alpha value is -3.48. The Morgan fingerprint density at radius 3 is 2.75 bits per heavy atom. The number of carboxylic acid groups (broad SMARTS) is 1. The lowest BCUT2D eigenvalue weighted by Gasteiger charge is -2.15. The number of carbonyl (C=O) groups is 1. The molecule has 0 spiro atoms. The van der Waals surface area contributed by atoms with Gasteiger partial charge in [0.05, 0.1) is 16.6 Å². The molecule has 4 rings (SSSR count). The maximum absolute atomic E-state index is 13.5. The van der Waals surface area contributed by atoms with Crippen LogP contribution in [0.3, 0.4) is 0 Å². The van der Waals surface area contributed by atoms with Crippen molar-refractivity contribution >= 4 is 33.8 Å². The number of rotatable bonds is 5. The molecule has 0 amide bonds. The normalized spacial score (nSPS) is 12.4. The van der Waals surface area contributed by atoms with E-state index in [9.17, 15) is 14.3 Å². The zero-order chi connectivity index (χ0) is 19.8. The van der Waals surface area contributed by atoms with Crippen LogP contribution >= 0.6 is 0 Å². The van der Waals surface area contributed by atoms with Crippen molar-refractivity contribution in [1.29, 1.82) is 0 Å². The van der Waals surface area contributed by atoms with E-state index in [1.165, 1.54) is 24.3 Å². The Labute approximate surface area is 160 Å². The van der Waals surface area contributed by atoms with E-state index in [4.69, 9.17) is 4.42 Å². The van der Waals surface area contributed by atoms with Gasteiger partial charge < -0.3 is 14.8 Å². The van der Waals surface area contributed by atoms with Gasteiger partial charge in [0.1, 0.15) is 17.1 Å². The van der Waals surface area contributed by atoms with Crippen molar-refractivity contribution in [2.75, 3.05) is 5.32 Å². The average molecular weight is 379 g/mol. The van der Waals surface area contributed by atoms with Gasteiger partial charge in [0.2, 0.25) is 0 Å². The molecule has 0 aliphatic carbocycles. The molecule has 2 aromatic carbocycles. The number of benzene rings is 2. The summed E-state index contributed by atoms with van der Waals surface area (Å²) in [5, 5.41) is 13.2. The summed E-state index contributed by atoms with van der Waals surface area (Å²) >= 11 is 0. The number of hydrogen-bond acceptors (Lipinski definition) is 5. The molecule has 0 aliphatic heterocycles. The van der Waals surface area contributed by atoms with Crippen molar-refractivity contribution < 1.29 is 18.7 Å². The van der Waals surface area contributed by atoms with Crippen molar-refractivity contribution in [2.45, 2.75) is 26.3 Å². The number of furan rings is 1. The molecule has 0 saturated heterocycles. The number of hydrogen-bond donors (Lipinski definition) is 2. The second-order valence-electron chi connectivity index (χ2n) is 6.68. The van der Waals surface area contributed by atoms with Crippen molar-refractivity contribution in [2.24, 2.45) is 0 Å². The van der Waals surface area contributed by atoms with Gasteiger partial charge in [-0.3, -0.25) is 0 Å². The molecular formula is C21H18FN3O3. The number of halogens is 1. The number of anilines is 1. The molecule has 28 heavy (non-hydrogen) atoms. The molecule has 2 N–H and O–H groups in total. The van der Waals surface area contributed by atoms with Gasteiger partial charge in [-0.15, -0.1) is 0 Å². The first-order valence-electron chi connectivity index (χ1n) is 8.95. The largest absolute Gasteiger partial charge is 0.478 e. The van der Waals surface area contributed by atoms with E-state index < -0.39 is 5.97 Å². The summed E-state index contributed by atoms with van der Waals surface area (Å²) in [6, 6.07) is 10.7. The highest BCUT2D eigenvalue weighted by atomic mass is 19.1. The molecule has 1 atom stereocenters. The van der Waals surface area contributed by atoms with E-state index >= 15 is 0 Å². The molecule has 7 heteroatoms. The lowest BCUT2D eigenvalue weighted by Crippen LogP contribution is -2.16. The lowest BCUT2D eigenvalue weighted by atomic mass is 10.1. The summed E-state index contributed by atoms with van der Waals surface area (Å²) in [4.78, 5) is 20.5. The second-order valence-corrected chi connectivity index (χ2v) is 6.68. The fourth-order valence-electron chi connectivity index (χ4n) is 2.93. The minimum absolute atomic E-state index is 0.120. The molecule has 0 unspecified atom stereocenters. The fraction of sp³-hybridized carbons (Fsp3) is 0.190. The van der Waals surface area contributed by atoms with Gasteiger partial charge in [-0.25, -0.2) is 19.2 Å². The molecule has 2 aromatic heterocycles. The van der Waals surface area contributed by atoms with Crippen LogP contribution in [0.25, 0.3) is 33.5 Å². The lowest BCUT2D eigenvalue weighted by molar-refractivity contribution is 0.0697. The third kappa shape index (κ3) is 3.26. The quantitative estimate of drug-likeness (QED) is 0.502. The summed E-state index contributed by atoms with van der Waals surface area (Å²) in [6.45, 7) is 4.05. The SMILES string of the molecule is CC[C@@H](C)Nc1nc2cc(C(=O)O)ccc2nc1-c1cc2cc(F)ccc2o1. The van der Waals surface area contributed by atoms with Crippen LogP contribution in [0, 0.1) is 5.82 Å². The number of nitrogens with zero attached hydrogens (tertiary/aromatic N) is 2. The van der Waals surface area contributed by atoms with E-state index in [-0.39, 0.29) is 17.4 Å². The molecule has 0 aliphatic rings. The molecule has 6 nitrogen and oxygen atoms in total. The Balaban J connectivity index is 1.91. The van der Waals surface area contributed by atoms with Gasteiger partial charge in [-0.1, -0.05) is 6.92 Å². The zero-order valence-electron chi connectivity index (χ0n) is 15.4. The fourth-order valence-corrected chi connectivity index (χ4v) is 2.93. The Bertz CT molecular complexity index is 1200. The zero-order valence-corrected chi connectivity index (χ0v) is 15.4. The third-order valence-corrected chi connectivity index (χ3v) is 4.62. The van der Waals surface area contributed by atoms with Crippen molar-refractivity contribution in [3.8, 4) is 11.5 Å². The number of carboxylic acids is 1. The molecule has 2 heterocycles. The van der Waals surface area contributed by atoms with Crippen LogP contribution in [0.4, 0.5) is 10.2 Å². The van der Waals surface area contributed by atoms with E-state index in [1.807, 2.05) is 13.8 Å². The van der Waals surface area contributed by atoms with E-state index in [1.54, 1.807) is 18.2 Å². The smallest absolute Gasteiger partial charge is 0.335 e. The highest BCUT2D eigenvalue weighted by Gasteiger charge is 2.18. The van der Waals surface area contributed by atoms with Crippen LogP contribution in [-0.4, -0.2) is 27.1 Å². The first kappa shape index (κ1) is 17.9. The molecule has 0 bridgehead atoms. The van der Waals surface area contributed by atoms with E-state index in [0.29, 0.717) is 39.3 Å². The van der Waals surface area contributed by atoms with Crippen molar-refractivity contribution in [3.05, 3.63) is 53.8 Å². The van der Waals surface area contributed by atoms with Gasteiger partial charge >= 0.3 is 5.97 Å². The van der Waals surface area contributed by atoms with Crippen LogP contribution in [-0.2, 0) is 0 Å². The Morgan fingerprint density at radius 2 is 2.00 bits per heavy atom. The number of aromatic nitrogens is 2. The standard InChI is InChI=1S/C21H18FN3O3/c1-3-11(2)23-20-19(18-10-13-8-14(22)5-7-17(13)28-18)24-15-6-4-12(21(26)27)9-16(15)25-20/h4-11H,3H2,1-2H3,(H,23,25)(H,26,27)/t11-/m1/s1. The monoisotopic (exact) mass is 379 g/mol. The summed E-state index contributed by atoms with van der Waals surface area (Å²) in [6.07, 6.45) is 0.861. The second kappa shape index (κ2) is 6.92. The first-order valence-corrected chi connectivity index (χ1v) is 8.95. The molecule has 0 radical (unpaired) electrons. The summed E-state index contributed by atoms with van der Waals surface area (Å²) in [5.41, 5.74) is 2.20. The topological polar surface area (TPSA) is 88.2 Å². The van der Waals surface area contributed by atoms with Gasteiger partial charge in [0, 0.05) is 11.4 Å². The molecule has 0 saturated carbocycles. The maximum Gasteiger partial charge on any atom is 0.335 e. The molecular weight excluding hydrogens is 361 g/mol. The molecule has 142 valence electrons. The number of nitrogens with one attached hydrogen (secondary N) is 1. The maximum atomic E-state index is 13.5. The summed E-state index contributed by atoms with van der Waals surface area (Å²) in [7, 11) is 0.